The minimum atomic E-state index is 0.0385. The fraction of sp³-hybridized carbons (Fsp3) is 0. The molecule has 0 aliphatic carbocycles. The maximum absolute atomic E-state index is 7.09. The van der Waals surface area contributed by atoms with Gasteiger partial charge in [-0.05, 0) is 59.5 Å². The predicted molar refractivity (Wildman–Crippen MR) is 196 cm³/mol. The number of fused-ring (bicyclic) bond motifs is 7. The minimum absolute atomic E-state index is 0.0385. The van der Waals surface area contributed by atoms with Crippen molar-refractivity contribution in [3.8, 4) is 11.5 Å². The molecule has 0 saturated carbocycles. The Hall–Kier alpha value is -6.00. The highest BCUT2D eigenvalue weighted by Crippen LogP contribution is 2.55. The highest BCUT2D eigenvalue weighted by molar-refractivity contribution is 7.12. The van der Waals surface area contributed by atoms with Crippen molar-refractivity contribution in [2.24, 2.45) is 0 Å². The van der Waals surface area contributed by atoms with E-state index >= 15 is 0 Å². The van der Waals surface area contributed by atoms with E-state index in [2.05, 4.69) is 160 Å². The van der Waals surface area contributed by atoms with Gasteiger partial charge >= 0.3 is 0 Å². The lowest BCUT2D eigenvalue weighted by Crippen LogP contribution is -2.76. The van der Waals surface area contributed by atoms with Crippen molar-refractivity contribution in [1.29, 1.82) is 0 Å². The van der Waals surface area contributed by atoms with Gasteiger partial charge in [0.05, 0.1) is 28.9 Å². The number of nitrogens with zero attached hydrogens (tertiary/aromatic N) is 3. The molecule has 10 rings (SSSR count). The predicted octanol–water partition coefficient (Wildman–Crippen LogP) is 5.79. The first-order valence-electron chi connectivity index (χ1n) is 16.1. The van der Waals surface area contributed by atoms with Crippen molar-refractivity contribution in [2.75, 3.05) is 9.80 Å². The van der Waals surface area contributed by atoms with Crippen LogP contribution in [0, 0.1) is 0 Å². The maximum atomic E-state index is 7.09. The van der Waals surface area contributed by atoms with Crippen LogP contribution in [0.5, 0.6) is 11.5 Å². The van der Waals surface area contributed by atoms with E-state index in [1.54, 1.807) is 0 Å². The molecule has 47 heavy (non-hydrogen) atoms. The third kappa shape index (κ3) is 3.82. The van der Waals surface area contributed by atoms with Crippen LogP contribution in [0.3, 0.4) is 0 Å². The van der Waals surface area contributed by atoms with E-state index in [-0.39, 0.29) is 13.4 Å². The van der Waals surface area contributed by atoms with E-state index in [9.17, 15) is 0 Å². The van der Waals surface area contributed by atoms with Gasteiger partial charge in [0.15, 0.2) is 11.5 Å². The Morgan fingerprint density at radius 2 is 1.13 bits per heavy atom. The first-order chi connectivity index (χ1) is 23.4. The average Bonchev–Trinajstić information content (AvgIpc) is 3.15. The summed E-state index contributed by atoms with van der Waals surface area (Å²) < 4.78 is 7.09. The Morgan fingerprint density at radius 3 is 1.89 bits per heavy atom. The van der Waals surface area contributed by atoms with Gasteiger partial charge in [-0.3, -0.25) is 4.98 Å². The van der Waals surface area contributed by atoms with Crippen molar-refractivity contribution in [1.82, 2.24) is 4.98 Å². The SMILES string of the molecule is c1ccc(B2c3ccccc3B3c4ccccc4N(c4cccnc4)c4c5c(cc2c43)N(c2ccccc2)c2ccccc2O5)cc1. The molecule has 0 N–H and O–H groups in total. The number of anilines is 6. The second kappa shape index (κ2) is 10.3. The molecule has 218 valence electrons. The summed E-state index contributed by atoms with van der Waals surface area (Å²) in [6.07, 6.45) is 3.80. The zero-order valence-corrected chi connectivity index (χ0v) is 25.5. The summed E-state index contributed by atoms with van der Waals surface area (Å²) in [6.45, 7) is 0.0787. The Kier molecular flexibility index (Phi) is 5.73. The summed E-state index contributed by atoms with van der Waals surface area (Å²) in [5.41, 5.74) is 14.1. The molecule has 0 saturated heterocycles. The molecule has 0 bridgehead atoms. The fourth-order valence-electron chi connectivity index (χ4n) is 8.02. The standard InChI is InChI=1S/C41H27B2N3O/c1-3-14-28(15-4-1)42-31-19-7-8-20-32(31)43-33-21-9-10-22-35(33)46(30-18-13-25-44-27-30)40-39(43)34(42)26-37-41(40)47-38-24-12-11-23-36(38)45(37)29-16-5-2-6-17-29/h1-27H. The summed E-state index contributed by atoms with van der Waals surface area (Å²) >= 11 is 0. The Bertz CT molecular complexity index is 2300. The number of pyridine rings is 1. The number of aromatic nitrogens is 1. The Morgan fingerprint density at radius 1 is 0.489 bits per heavy atom. The van der Waals surface area contributed by atoms with Crippen molar-refractivity contribution < 1.29 is 4.74 Å². The van der Waals surface area contributed by atoms with E-state index in [1.165, 1.54) is 32.8 Å². The molecule has 7 aromatic rings. The van der Waals surface area contributed by atoms with E-state index < -0.39 is 0 Å². The van der Waals surface area contributed by atoms with Gasteiger partial charge in [-0.25, -0.2) is 0 Å². The van der Waals surface area contributed by atoms with Gasteiger partial charge in [-0.15, -0.1) is 0 Å². The van der Waals surface area contributed by atoms with Gasteiger partial charge in [0.2, 0.25) is 13.4 Å². The minimum Gasteiger partial charge on any atom is -0.451 e. The molecule has 6 heteroatoms. The van der Waals surface area contributed by atoms with Crippen molar-refractivity contribution in [3.05, 3.63) is 164 Å². The zero-order valence-electron chi connectivity index (χ0n) is 25.5. The summed E-state index contributed by atoms with van der Waals surface area (Å²) in [6, 6.07) is 54.4. The Labute approximate surface area is 274 Å². The molecule has 1 aromatic heterocycles. The second-order valence-electron chi connectivity index (χ2n) is 12.3. The number of ether oxygens (including phenoxy) is 1. The third-order valence-corrected chi connectivity index (χ3v) is 9.85. The lowest BCUT2D eigenvalue weighted by molar-refractivity contribution is 0.478. The molecule has 0 spiro atoms. The van der Waals surface area contributed by atoms with E-state index in [4.69, 9.17) is 4.74 Å². The molecule has 4 nitrogen and oxygen atoms in total. The van der Waals surface area contributed by atoms with Crippen LogP contribution in [-0.2, 0) is 0 Å². The smallest absolute Gasteiger partial charge is 0.245 e. The van der Waals surface area contributed by atoms with Gasteiger partial charge < -0.3 is 14.5 Å². The molecule has 0 atom stereocenters. The molecular formula is C41H27B2N3O. The van der Waals surface area contributed by atoms with E-state index in [0.717, 1.165) is 45.6 Å². The average molecular weight is 599 g/mol. The lowest BCUT2D eigenvalue weighted by Gasteiger charge is -2.45. The molecule has 6 aromatic carbocycles. The summed E-state index contributed by atoms with van der Waals surface area (Å²) in [5.74, 6) is 1.68. The van der Waals surface area contributed by atoms with Crippen LogP contribution in [-0.4, -0.2) is 18.4 Å². The zero-order chi connectivity index (χ0) is 30.9. The molecular weight excluding hydrogens is 572 g/mol. The second-order valence-corrected chi connectivity index (χ2v) is 12.3. The molecule has 4 heterocycles. The van der Waals surface area contributed by atoms with Gasteiger partial charge in [0, 0.05) is 17.6 Å². The molecule has 0 fully saturated rings. The van der Waals surface area contributed by atoms with Crippen LogP contribution in [0.1, 0.15) is 0 Å². The number of hydrogen-bond donors (Lipinski definition) is 0. The Balaban J connectivity index is 1.38. The normalized spacial score (nSPS) is 13.5. The van der Waals surface area contributed by atoms with Crippen LogP contribution >= 0.6 is 0 Å². The van der Waals surface area contributed by atoms with Crippen molar-refractivity contribution >= 4 is 80.3 Å². The van der Waals surface area contributed by atoms with Gasteiger partial charge in [-0.2, -0.15) is 0 Å². The van der Waals surface area contributed by atoms with Crippen LogP contribution in [0.25, 0.3) is 0 Å². The topological polar surface area (TPSA) is 28.6 Å². The number of para-hydroxylation sites is 4. The summed E-state index contributed by atoms with van der Waals surface area (Å²) in [5, 5.41) is 0. The molecule has 3 aliphatic rings. The van der Waals surface area contributed by atoms with Crippen LogP contribution in [0.4, 0.5) is 34.1 Å². The van der Waals surface area contributed by atoms with Gasteiger partial charge in [0.25, 0.3) is 0 Å². The van der Waals surface area contributed by atoms with Crippen molar-refractivity contribution in [3.63, 3.8) is 0 Å². The van der Waals surface area contributed by atoms with Crippen LogP contribution < -0.4 is 47.3 Å². The quantitative estimate of drug-likeness (QED) is 0.241. The summed E-state index contributed by atoms with van der Waals surface area (Å²) in [4.78, 5) is 9.34. The van der Waals surface area contributed by atoms with E-state index in [1.807, 2.05) is 18.5 Å². The molecule has 3 aliphatic heterocycles. The van der Waals surface area contributed by atoms with Crippen LogP contribution in [0.2, 0.25) is 0 Å². The van der Waals surface area contributed by atoms with Crippen LogP contribution in [0.15, 0.2) is 164 Å². The summed E-state index contributed by atoms with van der Waals surface area (Å²) in [7, 11) is 0. The highest BCUT2D eigenvalue weighted by Gasteiger charge is 2.48. The number of benzene rings is 6. The monoisotopic (exact) mass is 599 g/mol. The number of rotatable bonds is 3. The van der Waals surface area contributed by atoms with Gasteiger partial charge in [-0.1, -0.05) is 125 Å². The molecule has 0 amide bonds. The molecule has 0 radical (unpaired) electrons. The fourth-order valence-corrected chi connectivity index (χ4v) is 8.02. The largest absolute Gasteiger partial charge is 0.451 e. The number of hydrogen-bond acceptors (Lipinski definition) is 4. The third-order valence-electron chi connectivity index (χ3n) is 9.85. The maximum Gasteiger partial charge on any atom is 0.245 e. The lowest BCUT2D eigenvalue weighted by atomic mass is 9.20. The highest BCUT2D eigenvalue weighted by atomic mass is 16.5. The first-order valence-corrected chi connectivity index (χ1v) is 16.1. The van der Waals surface area contributed by atoms with E-state index in [0.29, 0.717) is 0 Å². The van der Waals surface area contributed by atoms with Gasteiger partial charge in [0.1, 0.15) is 0 Å². The van der Waals surface area contributed by atoms with Crippen molar-refractivity contribution in [2.45, 2.75) is 0 Å². The molecule has 0 unspecified atom stereocenters. The first kappa shape index (κ1) is 26.2.